The number of alkyl carbamates (subject to hydrolysis) is 1. The van der Waals surface area contributed by atoms with Gasteiger partial charge < -0.3 is 15.2 Å². The third-order valence-electron chi connectivity index (χ3n) is 3.98. The number of ether oxygens (including phenoxy) is 1. The molecule has 25 heavy (non-hydrogen) atoms. The molecule has 7 heteroatoms. The van der Waals surface area contributed by atoms with E-state index in [1.807, 2.05) is 4.90 Å². The molecule has 0 radical (unpaired) electrons. The van der Waals surface area contributed by atoms with Gasteiger partial charge in [-0.15, -0.1) is 5.92 Å². The smallest absolute Gasteiger partial charge is 0.414 e. The average Bonchev–Trinajstić information content (AvgIpc) is 3.03. The molecule has 0 aromatic carbocycles. The Bertz CT molecular complexity index is 509. The lowest BCUT2D eigenvalue weighted by atomic mass is 10.2. The molecule has 1 saturated heterocycles. The minimum atomic E-state index is -0.822. The van der Waals surface area contributed by atoms with Crippen LogP contribution < -0.4 is 5.32 Å². The molecule has 1 amide bonds. The summed E-state index contributed by atoms with van der Waals surface area (Å²) in [5, 5.41) is 11.1. The fraction of sp³-hybridized carbons (Fsp3) is 0.722. The van der Waals surface area contributed by atoms with Gasteiger partial charge in [-0.2, -0.15) is 0 Å². The summed E-state index contributed by atoms with van der Waals surface area (Å²) in [6.07, 6.45) is 4.93. The Hall–Kier alpha value is -2.07. The first kappa shape index (κ1) is 21.0. The first-order chi connectivity index (χ1) is 12.0. The molecule has 1 atom stereocenters. The first-order valence-corrected chi connectivity index (χ1v) is 8.95. The summed E-state index contributed by atoms with van der Waals surface area (Å²) in [7, 11) is 0. The zero-order valence-electron chi connectivity index (χ0n) is 14.9. The molecule has 1 aliphatic heterocycles. The maximum atomic E-state index is 12.1. The van der Waals surface area contributed by atoms with Gasteiger partial charge >= 0.3 is 18.0 Å². The van der Waals surface area contributed by atoms with Gasteiger partial charge in [0.2, 0.25) is 0 Å². The predicted octanol–water partition coefficient (Wildman–Crippen LogP) is 2.15. The van der Waals surface area contributed by atoms with Gasteiger partial charge in [-0.05, 0) is 25.7 Å². The molecular formula is C18H28N2O5. The molecule has 2 N–H and O–H groups in total. The first-order valence-electron chi connectivity index (χ1n) is 8.95. The minimum absolute atomic E-state index is 0.112. The SMILES string of the molecule is CCCCCNC(=O)OC(=O)[C@H]1CCCN1CC#CCCCC(=O)O. The topological polar surface area (TPSA) is 95.9 Å². The number of aliphatic carboxylic acids is 1. The summed E-state index contributed by atoms with van der Waals surface area (Å²) >= 11 is 0. The number of amides is 1. The zero-order chi connectivity index (χ0) is 18.5. The second-order valence-electron chi connectivity index (χ2n) is 6.07. The highest BCUT2D eigenvalue weighted by atomic mass is 16.6. The van der Waals surface area contributed by atoms with Gasteiger partial charge in [0.05, 0.1) is 6.54 Å². The van der Waals surface area contributed by atoms with Crippen molar-refractivity contribution in [3.05, 3.63) is 0 Å². The van der Waals surface area contributed by atoms with E-state index in [4.69, 9.17) is 9.84 Å². The van der Waals surface area contributed by atoms with Crippen molar-refractivity contribution in [1.82, 2.24) is 10.2 Å². The van der Waals surface area contributed by atoms with E-state index in [9.17, 15) is 14.4 Å². The van der Waals surface area contributed by atoms with Crippen LogP contribution in [0.25, 0.3) is 0 Å². The molecule has 1 rings (SSSR count). The highest BCUT2D eigenvalue weighted by molar-refractivity contribution is 5.87. The van der Waals surface area contributed by atoms with Crippen molar-refractivity contribution in [3.8, 4) is 11.8 Å². The van der Waals surface area contributed by atoms with Gasteiger partial charge in [0.25, 0.3) is 0 Å². The molecule has 0 saturated carbocycles. The van der Waals surface area contributed by atoms with Crippen LogP contribution in [0.5, 0.6) is 0 Å². The maximum absolute atomic E-state index is 12.1. The van der Waals surface area contributed by atoms with Crippen LogP contribution in [0, 0.1) is 11.8 Å². The molecule has 0 spiro atoms. The lowest BCUT2D eigenvalue weighted by Crippen LogP contribution is -2.40. The van der Waals surface area contributed by atoms with Crippen molar-refractivity contribution in [2.24, 2.45) is 0 Å². The Morgan fingerprint density at radius 2 is 2.04 bits per heavy atom. The van der Waals surface area contributed by atoms with Crippen LogP contribution in [0.2, 0.25) is 0 Å². The minimum Gasteiger partial charge on any atom is -0.481 e. The van der Waals surface area contributed by atoms with E-state index in [0.717, 1.165) is 32.2 Å². The number of nitrogens with zero attached hydrogens (tertiary/aromatic N) is 1. The number of hydrogen-bond donors (Lipinski definition) is 2. The monoisotopic (exact) mass is 352 g/mol. The molecule has 0 aromatic heterocycles. The summed E-state index contributed by atoms with van der Waals surface area (Å²) in [5.74, 6) is 4.53. The third-order valence-corrected chi connectivity index (χ3v) is 3.98. The van der Waals surface area contributed by atoms with E-state index in [2.05, 4.69) is 24.1 Å². The van der Waals surface area contributed by atoms with E-state index in [1.165, 1.54) is 0 Å². The van der Waals surface area contributed by atoms with E-state index < -0.39 is 24.1 Å². The van der Waals surface area contributed by atoms with E-state index in [0.29, 0.717) is 32.4 Å². The normalized spacial score (nSPS) is 16.8. The number of unbranched alkanes of at least 4 members (excludes halogenated alkanes) is 3. The summed E-state index contributed by atoms with van der Waals surface area (Å²) in [4.78, 5) is 36.1. The standard InChI is InChI=1S/C18H28N2O5/c1-2-3-7-12-19-18(24)25-17(23)15-10-9-14-20(15)13-8-5-4-6-11-16(21)22/h15H,2-4,6-7,9-14H2,1H3,(H,19,24)(H,21,22)/t15-/m1/s1. The lowest BCUT2D eigenvalue weighted by molar-refractivity contribution is -0.142. The fourth-order valence-corrected chi connectivity index (χ4v) is 2.62. The van der Waals surface area contributed by atoms with Crippen molar-refractivity contribution in [2.45, 2.75) is 64.3 Å². The highest BCUT2D eigenvalue weighted by Gasteiger charge is 2.32. The van der Waals surface area contributed by atoms with E-state index >= 15 is 0 Å². The molecule has 140 valence electrons. The molecule has 0 aromatic rings. The van der Waals surface area contributed by atoms with Gasteiger partial charge in [0.15, 0.2) is 0 Å². The highest BCUT2D eigenvalue weighted by Crippen LogP contribution is 2.17. The number of esters is 1. The van der Waals surface area contributed by atoms with Crippen molar-refractivity contribution in [1.29, 1.82) is 0 Å². The van der Waals surface area contributed by atoms with Crippen LogP contribution in [0.1, 0.15) is 58.3 Å². The number of hydrogen-bond acceptors (Lipinski definition) is 5. The molecule has 1 aliphatic rings. The van der Waals surface area contributed by atoms with Crippen molar-refractivity contribution < 1.29 is 24.2 Å². The predicted molar refractivity (Wildman–Crippen MR) is 92.9 cm³/mol. The number of rotatable bonds is 9. The summed E-state index contributed by atoms with van der Waals surface area (Å²) < 4.78 is 4.87. The number of nitrogens with one attached hydrogen (secondary N) is 1. The Balaban J connectivity index is 2.31. The zero-order valence-corrected chi connectivity index (χ0v) is 14.9. The summed E-state index contributed by atoms with van der Waals surface area (Å²) in [5.41, 5.74) is 0. The molecule has 1 heterocycles. The van der Waals surface area contributed by atoms with Gasteiger partial charge in [0, 0.05) is 25.9 Å². The Labute approximate surface area is 149 Å². The third kappa shape index (κ3) is 9.11. The molecule has 0 bridgehead atoms. The molecule has 7 nitrogen and oxygen atoms in total. The van der Waals surface area contributed by atoms with Crippen molar-refractivity contribution in [3.63, 3.8) is 0 Å². The Morgan fingerprint density at radius 1 is 1.24 bits per heavy atom. The Kier molecular flexibility index (Phi) is 10.3. The second-order valence-corrected chi connectivity index (χ2v) is 6.07. The summed E-state index contributed by atoms with van der Waals surface area (Å²) in [6.45, 7) is 3.74. The van der Waals surface area contributed by atoms with Crippen LogP contribution in [0.4, 0.5) is 4.79 Å². The molecule has 0 unspecified atom stereocenters. The van der Waals surface area contributed by atoms with Gasteiger partial charge in [0.1, 0.15) is 6.04 Å². The van der Waals surface area contributed by atoms with Crippen LogP contribution in [0.3, 0.4) is 0 Å². The Morgan fingerprint density at radius 3 is 2.76 bits per heavy atom. The van der Waals surface area contributed by atoms with Gasteiger partial charge in [-0.25, -0.2) is 9.59 Å². The van der Waals surface area contributed by atoms with Crippen LogP contribution in [0.15, 0.2) is 0 Å². The van der Waals surface area contributed by atoms with Crippen LogP contribution in [-0.4, -0.2) is 53.7 Å². The number of carbonyl (C=O) groups excluding carboxylic acids is 2. The molecule has 0 aliphatic carbocycles. The van der Waals surface area contributed by atoms with Crippen molar-refractivity contribution in [2.75, 3.05) is 19.6 Å². The van der Waals surface area contributed by atoms with Crippen LogP contribution in [-0.2, 0) is 14.3 Å². The number of carboxylic acid groups (broad SMARTS) is 1. The largest absolute Gasteiger partial charge is 0.481 e. The van der Waals surface area contributed by atoms with E-state index in [1.54, 1.807) is 0 Å². The molecule has 1 fully saturated rings. The summed E-state index contributed by atoms with van der Waals surface area (Å²) in [6, 6.07) is -0.435. The van der Waals surface area contributed by atoms with Gasteiger partial charge in [-0.3, -0.25) is 9.69 Å². The quantitative estimate of drug-likeness (QED) is 0.286. The lowest BCUT2D eigenvalue weighted by Gasteiger charge is -2.19. The van der Waals surface area contributed by atoms with Gasteiger partial charge in [-0.1, -0.05) is 25.7 Å². The maximum Gasteiger partial charge on any atom is 0.414 e. The fourth-order valence-electron chi connectivity index (χ4n) is 2.62. The van der Waals surface area contributed by atoms with Crippen molar-refractivity contribution >= 4 is 18.0 Å². The average molecular weight is 352 g/mol. The van der Waals surface area contributed by atoms with E-state index in [-0.39, 0.29) is 6.42 Å². The molecular weight excluding hydrogens is 324 g/mol. The number of carbonyl (C=O) groups is 3. The second kappa shape index (κ2) is 12.3. The van der Waals surface area contributed by atoms with Crippen LogP contribution >= 0.6 is 0 Å². The number of likely N-dealkylation sites (tertiary alicyclic amines) is 1. The number of carboxylic acids is 1.